The number of carbonyl (C=O) groups excluding carboxylic acids is 2. The highest BCUT2D eigenvalue weighted by atomic mass is 16.5. The summed E-state index contributed by atoms with van der Waals surface area (Å²) in [7, 11) is 1.65. The number of methoxy groups -OCH3 is 1. The van der Waals surface area contributed by atoms with E-state index in [1.54, 1.807) is 7.11 Å². The normalized spacial score (nSPS) is 21.2. The molecule has 1 N–H and O–H groups in total. The predicted octanol–water partition coefficient (Wildman–Crippen LogP) is 4.20. The average molecular weight is 389 g/mol. The smallest absolute Gasteiger partial charge is 0.318 e. The number of amides is 2. The van der Waals surface area contributed by atoms with Crippen molar-refractivity contribution in [2.75, 3.05) is 20.3 Å². The first kappa shape index (κ1) is 20.5. The first-order valence-corrected chi connectivity index (χ1v) is 10.5. The van der Waals surface area contributed by atoms with Crippen molar-refractivity contribution in [3.05, 3.63) is 29.8 Å². The topological polar surface area (TPSA) is 67.9 Å². The van der Waals surface area contributed by atoms with E-state index in [0.717, 1.165) is 62.8 Å². The molecule has 2 aliphatic rings. The molecular weight excluding hydrogens is 356 g/mol. The van der Waals surface area contributed by atoms with Crippen LogP contribution in [0.3, 0.4) is 0 Å². The van der Waals surface area contributed by atoms with Gasteiger partial charge in [-0.25, -0.2) is 4.79 Å². The summed E-state index contributed by atoms with van der Waals surface area (Å²) in [6.45, 7) is 2.92. The van der Waals surface area contributed by atoms with Crippen LogP contribution in [-0.4, -0.2) is 42.7 Å². The van der Waals surface area contributed by atoms with Gasteiger partial charge in [0.15, 0.2) is 0 Å². The van der Waals surface area contributed by atoms with Crippen LogP contribution in [0.1, 0.15) is 69.9 Å². The van der Waals surface area contributed by atoms with Crippen molar-refractivity contribution >= 4 is 12.0 Å². The molecule has 28 heavy (non-hydrogen) atoms. The third kappa shape index (κ3) is 4.78. The van der Waals surface area contributed by atoms with Crippen LogP contribution >= 0.6 is 0 Å². The number of nitrogens with one attached hydrogen (secondary N) is 1. The van der Waals surface area contributed by atoms with Gasteiger partial charge in [0.2, 0.25) is 0 Å². The zero-order valence-corrected chi connectivity index (χ0v) is 17.0. The number of likely N-dealkylation sites (tertiary alicyclic amines) is 1. The van der Waals surface area contributed by atoms with E-state index in [2.05, 4.69) is 5.32 Å². The Balaban J connectivity index is 1.71. The van der Waals surface area contributed by atoms with Crippen LogP contribution in [0.25, 0.3) is 0 Å². The van der Waals surface area contributed by atoms with Crippen molar-refractivity contribution in [2.24, 2.45) is 0 Å². The van der Waals surface area contributed by atoms with Gasteiger partial charge in [-0.1, -0.05) is 31.4 Å². The van der Waals surface area contributed by atoms with Gasteiger partial charge in [0, 0.05) is 6.54 Å². The number of esters is 1. The molecule has 1 saturated heterocycles. The maximum absolute atomic E-state index is 13.2. The van der Waals surface area contributed by atoms with E-state index >= 15 is 0 Å². The van der Waals surface area contributed by atoms with Gasteiger partial charge in [0.1, 0.15) is 5.75 Å². The minimum Gasteiger partial charge on any atom is -0.497 e. The van der Waals surface area contributed by atoms with Gasteiger partial charge >= 0.3 is 12.0 Å². The second-order valence-electron chi connectivity index (χ2n) is 7.88. The number of ether oxygens (including phenoxy) is 2. The maximum Gasteiger partial charge on any atom is 0.318 e. The SMILES string of the molecule is CCOC(=O)CC1(NC(=O)N2CCCC2c2ccc(OC)cc2)CCCCC1. The zero-order valence-electron chi connectivity index (χ0n) is 17.0. The van der Waals surface area contributed by atoms with Crippen molar-refractivity contribution in [2.45, 2.75) is 69.9 Å². The van der Waals surface area contributed by atoms with Crippen molar-refractivity contribution in [3.63, 3.8) is 0 Å². The molecule has 1 aromatic carbocycles. The van der Waals surface area contributed by atoms with Gasteiger partial charge in [0.05, 0.1) is 31.7 Å². The second kappa shape index (κ2) is 9.30. The highest BCUT2D eigenvalue weighted by Gasteiger charge is 2.39. The van der Waals surface area contributed by atoms with E-state index in [9.17, 15) is 9.59 Å². The van der Waals surface area contributed by atoms with Gasteiger partial charge in [-0.15, -0.1) is 0 Å². The Morgan fingerprint density at radius 1 is 1.14 bits per heavy atom. The molecule has 0 bridgehead atoms. The van der Waals surface area contributed by atoms with Gasteiger partial charge < -0.3 is 19.7 Å². The van der Waals surface area contributed by atoms with Gasteiger partial charge in [-0.3, -0.25) is 4.79 Å². The molecule has 2 fully saturated rings. The fraction of sp³-hybridized carbons (Fsp3) is 0.636. The van der Waals surface area contributed by atoms with Crippen LogP contribution in [0, 0.1) is 0 Å². The number of benzene rings is 1. The molecule has 0 radical (unpaired) electrons. The lowest BCUT2D eigenvalue weighted by molar-refractivity contribution is -0.145. The number of hydrogen-bond acceptors (Lipinski definition) is 4. The third-order valence-electron chi connectivity index (χ3n) is 5.99. The second-order valence-corrected chi connectivity index (χ2v) is 7.88. The summed E-state index contributed by atoms with van der Waals surface area (Å²) in [5.74, 6) is 0.589. The molecular formula is C22H32N2O4. The van der Waals surface area contributed by atoms with Crippen LogP contribution in [0.15, 0.2) is 24.3 Å². The summed E-state index contributed by atoms with van der Waals surface area (Å²) in [4.78, 5) is 27.3. The summed E-state index contributed by atoms with van der Waals surface area (Å²) in [5.41, 5.74) is 0.644. The molecule has 1 aromatic rings. The van der Waals surface area contributed by atoms with Crippen molar-refractivity contribution in [1.82, 2.24) is 10.2 Å². The Hall–Kier alpha value is -2.24. The molecule has 2 amide bonds. The maximum atomic E-state index is 13.2. The van der Waals surface area contributed by atoms with Crippen LogP contribution < -0.4 is 10.1 Å². The monoisotopic (exact) mass is 388 g/mol. The molecule has 6 nitrogen and oxygen atoms in total. The lowest BCUT2D eigenvalue weighted by atomic mass is 9.79. The number of urea groups is 1. The Morgan fingerprint density at radius 3 is 2.50 bits per heavy atom. The lowest BCUT2D eigenvalue weighted by Crippen LogP contribution is -2.55. The summed E-state index contributed by atoms with van der Waals surface area (Å²) >= 11 is 0. The summed E-state index contributed by atoms with van der Waals surface area (Å²) in [5, 5.41) is 3.25. The Labute approximate surface area is 167 Å². The number of nitrogens with zero attached hydrogens (tertiary/aromatic N) is 1. The highest BCUT2D eigenvalue weighted by Crippen LogP contribution is 2.35. The van der Waals surface area contributed by atoms with Crippen molar-refractivity contribution < 1.29 is 19.1 Å². The first-order chi connectivity index (χ1) is 13.6. The average Bonchev–Trinajstić information content (AvgIpc) is 3.19. The first-order valence-electron chi connectivity index (χ1n) is 10.5. The molecule has 1 aliphatic heterocycles. The van der Waals surface area contributed by atoms with Crippen LogP contribution in [0.4, 0.5) is 4.79 Å². The van der Waals surface area contributed by atoms with Crippen LogP contribution in [0.2, 0.25) is 0 Å². The molecule has 0 spiro atoms. The third-order valence-corrected chi connectivity index (χ3v) is 5.99. The Morgan fingerprint density at radius 2 is 1.86 bits per heavy atom. The van der Waals surface area contributed by atoms with Crippen LogP contribution in [-0.2, 0) is 9.53 Å². The minimum atomic E-state index is -0.478. The molecule has 3 rings (SSSR count). The van der Waals surface area contributed by atoms with Crippen LogP contribution in [0.5, 0.6) is 5.75 Å². The number of rotatable bonds is 6. The predicted molar refractivity (Wildman–Crippen MR) is 107 cm³/mol. The van der Waals surface area contributed by atoms with E-state index in [1.165, 1.54) is 0 Å². The van der Waals surface area contributed by atoms with E-state index in [4.69, 9.17) is 9.47 Å². The van der Waals surface area contributed by atoms with Gasteiger partial charge in [0.25, 0.3) is 0 Å². The summed E-state index contributed by atoms with van der Waals surface area (Å²) in [6, 6.07) is 7.94. The van der Waals surface area contributed by atoms with E-state index in [0.29, 0.717) is 6.61 Å². The largest absolute Gasteiger partial charge is 0.497 e. The molecule has 0 aromatic heterocycles. The van der Waals surface area contributed by atoms with Gasteiger partial charge in [-0.05, 0) is 50.3 Å². The number of carbonyl (C=O) groups is 2. The Bertz CT molecular complexity index is 668. The van der Waals surface area contributed by atoms with Gasteiger partial charge in [-0.2, -0.15) is 0 Å². The zero-order chi connectivity index (χ0) is 20.0. The lowest BCUT2D eigenvalue weighted by Gasteiger charge is -2.39. The van der Waals surface area contributed by atoms with E-state index in [-0.39, 0.29) is 24.5 Å². The van der Waals surface area contributed by atoms with Crippen molar-refractivity contribution in [3.8, 4) is 5.75 Å². The quantitative estimate of drug-likeness (QED) is 0.742. The van der Waals surface area contributed by atoms with Crippen molar-refractivity contribution in [1.29, 1.82) is 0 Å². The highest BCUT2D eigenvalue weighted by molar-refractivity contribution is 5.78. The molecule has 154 valence electrons. The standard InChI is InChI=1S/C22H32N2O4/c1-3-28-20(25)16-22(13-5-4-6-14-22)23-21(26)24-15-7-8-19(24)17-9-11-18(27-2)12-10-17/h9-12,19H,3-8,13-16H2,1-2H3,(H,23,26). The summed E-state index contributed by atoms with van der Waals surface area (Å²) < 4.78 is 10.4. The van der Waals surface area contributed by atoms with E-state index < -0.39 is 5.54 Å². The number of hydrogen-bond donors (Lipinski definition) is 1. The molecule has 1 heterocycles. The Kier molecular flexibility index (Phi) is 6.81. The summed E-state index contributed by atoms with van der Waals surface area (Å²) in [6.07, 6.45) is 7.06. The van der Waals surface area contributed by atoms with E-state index in [1.807, 2.05) is 36.1 Å². The fourth-order valence-electron chi connectivity index (χ4n) is 4.54. The molecule has 6 heteroatoms. The molecule has 1 saturated carbocycles. The molecule has 1 aliphatic carbocycles. The minimum absolute atomic E-state index is 0.0640. The molecule has 1 unspecified atom stereocenters. The fourth-order valence-corrected chi connectivity index (χ4v) is 4.54. The molecule has 1 atom stereocenters.